The molecule has 7 nitrogen and oxygen atoms in total. The molecule has 1 aliphatic carbocycles. The minimum absolute atomic E-state index is 0.0408. The molecular weight excluding hydrogens is 378 g/mol. The third-order valence-electron chi connectivity index (χ3n) is 5.66. The van der Waals surface area contributed by atoms with Gasteiger partial charge in [-0.05, 0) is 50.9 Å². The number of aromatic nitrogens is 2. The molecule has 1 aromatic heterocycles. The summed E-state index contributed by atoms with van der Waals surface area (Å²) in [5.74, 6) is -0.228. The Kier molecular flexibility index (Phi) is 7.63. The summed E-state index contributed by atoms with van der Waals surface area (Å²) < 4.78 is 1.55. The molecule has 1 fully saturated rings. The number of anilines is 1. The standard InChI is InChI=1S/C23H33N5O2/c1-4-27(17(2)3)14-18-9-11-19(12-10-18)23(30)26-21-13-24-28(15-21)16-22(29)25-20-7-5-6-8-20/h9-13,15,17,20H,4-8,14,16H2,1-3H3,(H,25,29)(H,26,30). The van der Waals surface area contributed by atoms with Crippen LogP contribution in [0.3, 0.4) is 0 Å². The van der Waals surface area contributed by atoms with Crippen LogP contribution in [0.4, 0.5) is 5.69 Å². The summed E-state index contributed by atoms with van der Waals surface area (Å²) in [6, 6.07) is 8.46. The molecule has 3 rings (SSSR count). The van der Waals surface area contributed by atoms with E-state index in [-0.39, 0.29) is 18.4 Å². The molecule has 2 N–H and O–H groups in total. The fraction of sp³-hybridized carbons (Fsp3) is 0.522. The lowest BCUT2D eigenvalue weighted by Crippen LogP contribution is -2.35. The lowest BCUT2D eigenvalue weighted by molar-refractivity contribution is -0.122. The summed E-state index contributed by atoms with van der Waals surface area (Å²) in [6.45, 7) is 8.53. The van der Waals surface area contributed by atoms with Crippen LogP contribution >= 0.6 is 0 Å². The molecule has 0 spiro atoms. The average molecular weight is 412 g/mol. The van der Waals surface area contributed by atoms with Crippen molar-refractivity contribution >= 4 is 17.5 Å². The normalized spacial score (nSPS) is 14.4. The summed E-state index contributed by atoms with van der Waals surface area (Å²) >= 11 is 0. The second-order valence-electron chi connectivity index (χ2n) is 8.28. The van der Waals surface area contributed by atoms with Crippen LogP contribution < -0.4 is 10.6 Å². The van der Waals surface area contributed by atoms with Crippen molar-refractivity contribution in [2.24, 2.45) is 0 Å². The van der Waals surface area contributed by atoms with E-state index in [1.807, 2.05) is 24.3 Å². The van der Waals surface area contributed by atoms with E-state index in [1.54, 1.807) is 17.1 Å². The van der Waals surface area contributed by atoms with E-state index in [1.165, 1.54) is 18.4 Å². The fourth-order valence-corrected chi connectivity index (χ4v) is 3.86. The van der Waals surface area contributed by atoms with Crippen molar-refractivity contribution in [2.75, 3.05) is 11.9 Å². The first-order valence-electron chi connectivity index (χ1n) is 10.9. The van der Waals surface area contributed by atoms with Crippen LogP contribution in [0.2, 0.25) is 0 Å². The van der Waals surface area contributed by atoms with Gasteiger partial charge >= 0.3 is 0 Å². The zero-order chi connectivity index (χ0) is 21.5. The maximum atomic E-state index is 12.5. The predicted octanol–water partition coefficient (Wildman–Crippen LogP) is 3.42. The Bertz CT molecular complexity index is 838. The third-order valence-corrected chi connectivity index (χ3v) is 5.66. The highest BCUT2D eigenvalue weighted by Gasteiger charge is 2.17. The Morgan fingerprint density at radius 1 is 1.20 bits per heavy atom. The van der Waals surface area contributed by atoms with E-state index in [0.29, 0.717) is 23.3 Å². The van der Waals surface area contributed by atoms with Crippen molar-refractivity contribution in [3.05, 3.63) is 47.8 Å². The van der Waals surface area contributed by atoms with E-state index in [0.717, 1.165) is 25.9 Å². The first-order valence-corrected chi connectivity index (χ1v) is 10.9. The molecule has 162 valence electrons. The number of rotatable bonds is 9. The van der Waals surface area contributed by atoms with Crippen LogP contribution in [0.5, 0.6) is 0 Å². The summed E-state index contributed by atoms with van der Waals surface area (Å²) in [5.41, 5.74) is 2.36. The van der Waals surface area contributed by atoms with E-state index in [9.17, 15) is 9.59 Å². The number of carbonyl (C=O) groups is 2. The maximum absolute atomic E-state index is 12.5. The van der Waals surface area contributed by atoms with Crippen molar-refractivity contribution in [1.29, 1.82) is 0 Å². The number of nitrogens with one attached hydrogen (secondary N) is 2. The molecule has 1 heterocycles. The van der Waals surface area contributed by atoms with Gasteiger partial charge in [0, 0.05) is 30.4 Å². The van der Waals surface area contributed by atoms with Crippen LogP contribution in [0.15, 0.2) is 36.7 Å². The van der Waals surface area contributed by atoms with Gasteiger partial charge in [0.15, 0.2) is 0 Å². The molecular formula is C23H33N5O2. The van der Waals surface area contributed by atoms with Crippen LogP contribution in [0.1, 0.15) is 62.4 Å². The van der Waals surface area contributed by atoms with Gasteiger partial charge < -0.3 is 10.6 Å². The third kappa shape index (κ3) is 6.16. The Morgan fingerprint density at radius 3 is 2.53 bits per heavy atom. The summed E-state index contributed by atoms with van der Waals surface area (Å²) in [7, 11) is 0. The SMILES string of the molecule is CCN(Cc1ccc(C(=O)Nc2cnn(CC(=O)NC3CCCC3)c2)cc1)C(C)C. The number of benzene rings is 1. The smallest absolute Gasteiger partial charge is 0.255 e. The summed E-state index contributed by atoms with van der Waals surface area (Å²) in [6.07, 6.45) is 7.72. The van der Waals surface area contributed by atoms with E-state index in [2.05, 4.69) is 41.4 Å². The van der Waals surface area contributed by atoms with Crippen molar-refractivity contribution in [2.45, 2.75) is 71.6 Å². The first kappa shape index (κ1) is 22.0. The van der Waals surface area contributed by atoms with Crippen molar-refractivity contribution < 1.29 is 9.59 Å². The summed E-state index contributed by atoms with van der Waals surface area (Å²) in [4.78, 5) is 27.0. The van der Waals surface area contributed by atoms with Crippen LogP contribution in [-0.2, 0) is 17.9 Å². The second kappa shape index (κ2) is 10.4. The molecule has 0 radical (unpaired) electrons. The predicted molar refractivity (Wildman–Crippen MR) is 118 cm³/mol. The zero-order valence-electron chi connectivity index (χ0n) is 18.2. The van der Waals surface area contributed by atoms with E-state index in [4.69, 9.17) is 0 Å². The van der Waals surface area contributed by atoms with Gasteiger partial charge in [-0.3, -0.25) is 19.2 Å². The van der Waals surface area contributed by atoms with Crippen LogP contribution in [0.25, 0.3) is 0 Å². The van der Waals surface area contributed by atoms with Crippen molar-refractivity contribution in [1.82, 2.24) is 20.0 Å². The van der Waals surface area contributed by atoms with Gasteiger partial charge in [0.2, 0.25) is 5.91 Å². The van der Waals surface area contributed by atoms with Gasteiger partial charge in [-0.25, -0.2) is 0 Å². The highest BCUT2D eigenvalue weighted by Crippen LogP contribution is 2.17. The van der Waals surface area contributed by atoms with E-state index >= 15 is 0 Å². The maximum Gasteiger partial charge on any atom is 0.255 e. The molecule has 0 atom stereocenters. The van der Waals surface area contributed by atoms with Crippen LogP contribution in [0, 0.1) is 0 Å². The van der Waals surface area contributed by atoms with Gasteiger partial charge in [0.05, 0.1) is 11.9 Å². The Morgan fingerprint density at radius 2 is 1.90 bits per heavy atom. The molecule has 2 amide bonds. The topological polar surface area (TPSA) is 79.3 Å². The molecule has 0 bridgehead atoms. The fourth-order valence-electron chi connectivity index (χ4n) is 3.86. The zero-order valence-corrected chi connectivity index (χ0v) is 18.2. The number of hydrogen-bond acceptors (Lipinski definition) is 4. The van der Waals surface area contributed by atoms with Gasteiger partial charge in [-0.1, -0.05) is 31.9 Å². The average Bonchev–Trinajstić information content (AvgIpc) is 3.38. The highest BCUT2D eigenvalue weighted by molar-refractivity contribution is 6.04. The van der Waals surface area contributed by atoms with E-state index < -0.39 is 0 Å². The lowest BCUT2D eigenvalue weighted by atomic mass is 10.1. The molecule has 1 aliphatic rings. The van der Waals surface area contributed by atoms with Gasteiger partial charge in [0.1, 0.15) is 6.54 Å². The molecule has 0 saturated heterocycles. The highest BCUT2D eigenvalue weighted by atomic mass is 16.2. The molecule has 0 aliphatic heterocycles. The number of amides is 2. The minimum atomic E-state index is -0.187. The largest absolute Gasteiger partial charge is 0.352 e. The Hall–Kier alpha value is -2.67. The second-order valence-corrected chi connectivity index (χ2v) is 8.28. The minimum Gasteiger partial charge on any atom is -0.352 e. The molecule has 2 aromatic rings. The molecule has 1 saturated carbocycles. The molecule has 1 aromatic carbocycles. The Labute approximate surface area is 178 Å². The first-order chi connectivity index (χ1) is 14.4. The molecule has 0 unspecified atom stereocenters. The van der Waals surface area contributed by atoms with Crippen LogP contribution in [-0.4, -0.2) is 45.1 Å². The monoisotopic (exact) mass is 411 g/mol. The summed E-state index contributed by atoms with van der Waals surface area (Å²) in [5, 5.41) is 10.1. The van der Waals surface area contributed by atoms with Crippen molar-refractivity contribution in [3.63, 3.8) is 0 Å². The van der Waals surface area contributed by atoms with Gasteiger partial charge in [-0.15, -0.1) is 0 Å². The van der Waals surface area contributed by atoms with Gasteiger partial charge in [0.25, 0.3) is 5.91 Å². The number of hydrogen-bond donors (Lipinski definition) is 2. The Balaban J connectivity index is 1.51. The number of nitrogens with zero attached hydrogens (tertiary/aromatic N) is 3. The van der Waals surface area contributed by atoms with Crippen molar-refractivity contribution in [3.8, 4) is 0 Å². The molecule has 7 heteroatoms. The number of carbonyl (C=O) groups excluding carboxylic acids is 2. The molecule has 30 heavy (non-hydrogen) atoms. The quantitative estimate of drug-likeness (QED) is 0.663. The lowest BCUT2D eigenvalue weighted by Gasteiger charge is -2.24. The van der Waals surface area contributed by atoms with Gasteiger partial charge in [-0.2, -0.15) is 5.10 Å².